The average Bonchev–Trinajstić information content (AvgIpc) is 2.92. The van der Waals surface area contributed by atoms with Crippen LogP contribution in [-0.4, -0.2) is 45.2 Å². The second-order valence-corrected chi connectivity index (χ2v) is 6.01. The lowest BCUT2D eigenvalue weighted by molar-refractivity contribution is -0.137. The van der Waals surface area contributed by atoms with Gasteiger partial charge in [-0.3, -0.25) is 4.79 Å². The van der Waals surface area contributed by atoms with E-state index in [-0.39, 0.29) is 6.42 Å². The van der Waals surface area contributed by atoms with Crippen molar-refractivity contribution in [2.45, 2.75) is 62.9 Å². The maximum atomic E-state index is 10.5. The molecule has 2 atom stereocenters. The Morgan fingerprint density at radius 2 is 2.10 bits per heavy atom. The van der Waals surface area contributed by atoms with E-state index >= 15 is 0 Å². The minimum absolute atomic E-state index is 0.149. The highest BCUT2D eigenvalue weighted by Crippen LogP contribution is 2.41. The number of fused-ring (bicyclic) bond motifs is 2. The highest BCUT2D eigenvalue weighted by atomic mass is 16.5. The van der Waals surface area contributed by atoms with E-state index in [2.05, 4.69) is 22.1 Å². The maximum Gasteiger partial charge on any atom is 0.303 e. The number of hydrogen-bond acceptors (Lipinski definition) is 5. The van der Waals surface area contributed by atoms with E-state index < -0.39 is 5.97 Å². The molecule has 0 amide bonds. The number of aliphatic carboxylic acids is 1. The van der Waals surface area contributed by atoms with Gasteiger partial charge in [0.15, 0.2) is 5.82 Å². The van der Waals surface area contributed by atoms with Gasteiger partial charge in [-0.1, -0.05) is 5.16 Å². The number of nitrogens with zero attached hydrogens (tertiary/aromatic N) is 3. The zero-order valence-electron chi connectivity index (χ0n) is 11.8. The topological polar surface area (TPSA) is 79.5 Å². The second-order valence-electron chi connectivity index (χ2n) is 6.01. The smallest absolute Gasteiger partial charge is 0.303 e. The average molecular weight is 279 g/mol. The number of rotatable bonds is 5. The molecule has 3 heterocycles. The monoisotopic (exact) mass is 279 g/mol. The first-order valence-electron chi connectivity index (χ1n) is 7.39. The zero-order chi connectivity index (χ0) is 14.1. The standard InChI is InChI=1S/C14H21N3O3/c1-17-10-5-6-11(17)8-9(7-10)14-15-12(20-16-14)3-2-4-13(18)19/h9-11H,2-8H2,1H3,(H,18,19). The molecule has 1 N–H and O–H groups in total. The van der Waals surface area contributed by atoms with E-state index in [0.717, 1.165) is 18.7 Å². The third-order valence-corrected chi connectivity index (χ3v) is 4.73. The fraction of sp³-hybridized carbons (Fsp3) is 0.786. The summed E-state index contributed by atoms with van der Waals surface area (Å²) in [7, 11) is 2.21. The molecular weight excluding hydrogens is 258 g/mol. The van der Waals surface area contributed by atoms with Crippen LogP contribution in [0.25, 0.3) is 0 Å². The quantitative estimate of drug-likeness (QED) is 0.885. The molecule has 2 aliphatic heterocycles. The number of aromatic nitrogens is 2. The summed E-state index contributed by atoms with van der Waals surface area (Å²) in [4.78, 5) is 17.4. The lowest BCUT2D eigenvalue weighted by Gasteiger charge is -2.34. The summed E-state index contributed by atoms with van der Waals surface area (Å²) < 4.78 is 5.25. The Balaban J connectivity index is 1.58. The number of piperidine rings is 1. The fourth-order valence-corrected chi connectivity index (χ4v) is 3.55. The van der Waals surface area contributed by atoms with Gasteiger partial charge < -0.3 is 14.5 Å². The number of carboxylic acids is 1. The summed E-state index contributed by atoms with van der Waals surface area (Å²) >= 11 is 0. The van der Waals surface area contributed by atoms with Crippen molar-refractivity contribution in [1.29, 1.82) is 0 Å². The van der Waals surface area contributed by atoms with Crippen molar-refractivity contribution in [2.24, 2.45) is 0 Å². The van der Waals surface area contributed by atoms with Gasteiger partial charge in [-0.2, -0.15) is 4.98 Å². The predicted molar refractivity (Wildman–Crippen MR) is 71.4 cm³/mol. The van der Waals surface area contributed by atoms with Crippen molar-refractivity contribution >= 4 is 5.97 Å². The Kier molecular flexibility index (Phi) is 3.74. The Labute approximate surface area is 118 Å². The van der Waals surface area contributed by atoms with Gasteiger partial charge >= 0.3 is 5.97 Å². The minimum atomic E-state index is -0.781. The first kappa shape index (κ1) is 13.5. The van der Waals surface area contributed by atoms with Crippen molar-refractivity contribution in [3.63, 3.8) is 0 Å². The lowest BCUT2D eigenvalue weighted by atomic mass is 9.90. The number of carbonyl (C=O) groups is 1. The first-order valence-corrected chi connectivity index (χ1v) is 7.39. The molecule has 3 rings (SSSR count). The van der Waals surface area contributed by atoms with Crippen LogP contribution in [0.3, 0.4) is 0 Å². The Hall–Kier alpha value is -1.43. The van der Waals surface area contributed by atoms with Gasteiger partial charge in [-0.15, -0.1) is 0 Å². The van der Waals surface area contributed by atoms with Crippen LogP contribution in [0.5, 0.6) is 0 Å². The fourth-order valence-electron chi connectivity index (χ4n) is 3.55. The molecule has 0 aliphatic carbocycles. The second kappa shape index (κ2) is 5.52. The molecule has 1 aromatic rings. The van der Waals surface area contributed by atoms with Gasteiger partial charge in [-0.05, 0) is 39.2 Å². The molecule has 2 aliphatic rings. The summed E-state index contributed by atoms with van der Waals surface area (Å²) in [6.07, 6.45) is 6.04. The van der Waals surface area contributed by atoms with Gasteiger partial charge in [0.1, 0.15) is 0 Å². The van der Waals surface area contributed by atoms with Crippen LogP contribution in [0, 0.1) is 0 Å². The van der Waals surface area contributed by atoms with E-state index in [1.165, 1.54) is 12.8 Å². The molecule has 2 saturated heterocycles. The number of hydrogen-bond donors (Lipinski definition) is 1. The molecule has 2 fully saturated rings. The predicted octanol–water partition coefficient (Wildman–Crippen LogP) is 1.82. The van der Waals surface area contributed by atoms with Crippen molar-refractivity contribution < 1.29 is 14.4 Å². The summed E-state index contributed by atoms with van der Waals surface area (Å²) in [6.45, 7) is 0. The van der Waals surface area contributed by atoms with Crippen molar-refractivity contribution in [3.05, 3.63) is 11.7 Å². The van der Waals surface area contributed by atoms with Gasteiger partial charge in [0.2, 0.25) is 5.89 Å². The van der Waals surface area contributed by atoms with E-state index in [4.69, 9.17) is 9.63 Å². The van der Waals surface area contributed by atoms with Crippen LogP contribution >= 0.6 is 0 Å². The van der Waals surface area contributed by atoms with Gasteiger partial charge in [0.05, 0.1) is 0 Å². The van der Waals surface area contributed by atoms with Crippen molar-refractivity contribution in [2.75, 3.05) is 7.05 Å². The van der Waals surface area contributed by atoms with Crippen LogP contribution in [0.4, 0.5) is 0 Å². The molecule has 0 radical (unpaired) electrons. The number of aryl methyl sites for hydroxylation is 1. The summed E-state index contributed by atoms with van der Waals surface area (Å²) in [5.74, 6) is 1.02. The Bertz CT molecular complexity index is 474. The highest BCUT2D eigenvalue weighted by Gasteiger charge is 2.40. The van der Waals surface area contributed by atoms with Crippen molar-refractivity contribution in [3.8, 4) is 0 Å². The summed E-state index contributed by atoms with van der Waals surface area (Å²) in [6, 6.07) is 1.32. The number of carboxylic acid groups (broad SMARTS) is 1. The molecule has 110 valence electrons. The van der Waals surface area contributed by atoms with Crippen LogP contribution in [0.2, 0.25) is 0 Å². The molecule has 1 aromatic heterocycles. The Morgan fingerprint density at radius 3 is 2.75 bits per heavy atom. The third kappa shape index (κ3) is 2.70. The molecule has 6 heteroatoms. The highest BCUT2D eigenvalue weighted by molar-refractivity contribution is 5.66. The van der Waals surface area contributed by atoms with E-state index in [1.807, 2.05) is 0 Å². The molecular formula is C14H21N3O3. The van der Waals surface area contributed by atoms with Crippen LogP contribution in [0.1, 0.15) is 56.2 Å². The zero-order valence-corrected chi connectivity index (χ0v) is 11.8. The SMILES string of the molecule is CN1C2CCC1CC(c1noc(CCCC(=O)O)n1)C2. The maximum absolute atomic E-state index is 10.5. The lowest BCUT2D eigenvalue weighted by Crippen LogP contribution is -2.39. The van der Waals surface area contributed by atoms with Gasteiger partial charge in [0.25, 0.3) is 0 Å². The molecule has 0 saturated carbocycles. The van der Waals surface area contributed by atoms with Gasteiger partial charge in [-0.25, -0.2) is 0 Å². The normalized spacial score (nSPS) is 29.8. The van der Waals surface area contributed by atoms with E-state index in [0.29, 0.717) is 36.7 Å². The van der Waals surface area contributed by atoms with Crippen LogP contribution < -0.4 is 0 Å². The Morgan fingerprint density at radius 1 is 1.40 bits per heavy atom. The molecule has 6 nitrogen and oxygen atoms in total. The molecule has 2 bridgehead atoms. The van der Waals surface area contributed by atoms with Gasteiger partial charge in [0, 0.05) is 30.8 Å². The minimum Gasteiger partial charge on any atom is -0.481 e. The molecule has 0 spiro atoms. The van der Waals surface area contributed by atoms with Crippen LogP contribution in [-0.2, 0) is 11.2 Å². The third-order valence-electron chi connectivity index (χ3n) is 4.73. The molecule has 2 unspecified atom stereocenters. The van der Waals surface area contributed by atoms with Crippen molar-refractivity contribution in [1.82, 2.24) is 15.0 Å². The summed E-state index contributed by atoms with van der Waals surface area (Å²) in [5.41, 5.74) is 0. The first-order chi connectivity index (χ1) is 9.63. The summed E-state index contributed by atoms with van der Waals surface area (Å²) in [5, 5.41) is 12.7. The van der Waals surface area contributed by atoms with E-state index in [1.54, 1.807) is 0 Å². The van der Waals surface area contributed by atoms with Crippen LogP contribution in [0.15, 0.2) is 4.52 Å². The molecule has 20 heavy (non-hydrogen) atoms. The molecule has 0 aromatic carbocycles. The largest absolute Gasteiger partial charge is 0.481 e. The van der Waals surface area contributed by atoms with E-state index in [9.17, 15) is 4.79 Å².